The molecule has 0 saturated heterocycles. The Hall–Kier alpha value is -3.48. The molecule has 0 aliphatic heterocycles. The summed E-state index contributed by atoms with van der Waals surface area (Å²) in [6, 6.07) is 14.1. The van der Waals surface area contributed by atoms with Gasteiger partial charge in [-0.3, -0.25) is 5.43 Å². The molecule has 2 N–H and O–H groups in total. The van der Waals surface area contributed by atoms with E-state index >= 15 is 0 Å². The number of aliphatic carboxylic acids is 1. The zero-order chi connectivity index (χ0) is 16.9. The van der Waals surface area contributed by atoms with E-state index in [1.54, 1.807) is 37.6 Å². The van der Waals surface area contributed by atoms with Gasteiger partial charge in [0.05, 0.1) is 13.3 Å². The molecule has 2 aromatic carbocycles. The maximum Gasteiger partial charge on any atom is 0.356 e. The lowest BCUT2D eigenvalue weighted by atomic mass is 10.1. The Morgan fingerprint density at radius 3 is 2.62 bits per heavy atom. The maximum absolute atomic E-state index is 11.5. The molecular weight excluding hydrogens is 308 g/mol. The van der Waals surface area contributed by atoms with E-state index in [1.807, 2.05) is 24.3 Å². The number of hydrogen-bond donors (Lipinski definition) is 2. The topological polar surface area (TPSA) is 96.7 Å². The number of rotatable bonds is 5. The second-order valence-corrected chi connectivity index (χ2v) is 4.89. The van der Waals surface area contributed by atoms with Crippen molar-refractivity contribution in [3.05, 3.63) is 60.3 Å². The lowest BCUT2D eigenvalue weighted by molar-refractivity contribution is -0.129. The Kier molecular flexibility index (Phi) is 4.33. The number of methoxy groups -OCH3 is 1. The lowest BCUT2D eigenvalue weighted by Gasteiger charge is -2.06. The molecule has 120 valence electrons. The summed E-state index contributed by atoms with van der Waals surface area (Å²) in [6.45, 7) is 0. The number of carboxylic acids is 1. The molecule has 7 nitrogen and oxygen atoms in total. The predicted molar refractivity (Wildman–Crippen MR) is 90.3 cm³/mol. The fourth-order valence-corrected chi connectivity index (χ4v) is 2.20. The molecule has 0 amide bonds. The van der Waals surface area contributed by atoms with Crippen LogP contribution in [0.3, 0.4) is 0 Å². The molecule has 3 aromatic rings. The van der Waals surface area contributed by atoms with Crippen molar-refractivity contribution >= 4 is 28.3 Å². The first-order valence-corrected chi connectivity index (χ1v) is 7.11. The first kappa shape index (κ1) is 15.4. The van der Waals surface area contributed by atoms with Gasteiger partial charge in [-0.1, -0.05) is 24.3 Å². The van der Waals surface area contributed by atoms with Crippen LogP contribution in [0.25, 0.3) is 10.8 Å². The fraction of sp³-hybridized carbons (Fsp3) is 0.0588. The van der Waals surface area contributed by atoms with Crippen LogP contribution >= 0.6 is 0 Å². The average molecular weight is 322 g/mol. The highest BCUT2D eigenvalue weighted by Gasteiger charge is 2.13. The third-order valence-electron chi connectivity index (χ3n) is 3.41. The molecular formula is C17H14N4O3. The molecule has 1 aromatic heterocycles. The Labute approximate surface area is 137 Å². The molecule has 0 saturated carbocycles. The van der Waals surface area contributed by atoms with Crippen molar-refractivity contribution < 1.29 is 14.6 Å². The quantitative estimate of drug-likeness (QED) is 0.553. The van der Waals surface area contributed by atoms with Crippen LogP contribution in [0.1, 0.15) is 5.56 Å². The molecule has 0 fully saturated rings. The summed E-state index contributed by atoms with van der Waals surface area (Å²) >= 11 is 0. The number of fused-ring (bicyclic) bond motifs is 1. The van der Waals surface area contributed by atoms with Crippen molar-refractivity contribution in [2.45, 2.75) is 0 Å². The zero-order valence-electron chi connectivity index (χ0n) is 12.8. The van der Waals surface area contributed by atoms with Crippen LogP contribution < -0.4 is 10.2 Å². The Balaban J connectivity index is 1.95. The van der Waals surface area contributed by atoms with Crippen molar-refractivity contribution in [3.8, 4) is 5.75 Å². The Bertz CT molecular complexity index is 902. The molecule has 0 unspecified atom stereocenters. The molecule has 1 heterocycles. The molecule has 0 radical (unpaired) electrons. The molecule has 0 aliphatic rings. The summed E-state index contributed by atoms with van der Waals surface area (Å²) in [7, 11) is 1.54. The number of hydrogen-bond acceptors (Lipinski definition) is 6. The van der Waals surface area contributed by atoms with E-state index in [9.17, 15) is 9.90 Å². The SMILES string of the molecule is COc1ccc(/C(=N/Nc2nncc3ccccc23)C(=O)O)cc1. The van der Waals surface area contributed by atoms with Crippen LogP contribution in [-0.2, 0) is 4.79 Å². The third-order valence-corrected chi connectivity index (χ3v) is 3.41. The van der Waals surface area contributed by atoms with E-state index in [0.717, 1.165) is 10.8 Å². The van der Waals surface area contributed by atoms with Gasteiger partial charge in [0.1, 0.15) is 5.75 Å². The minimum absolute atomic E-state index is 0.132. The number of nitrogens with one attached hydrogen (secondary N) is 1. The summed E-state index contributed by atoms with van der Waals surface area (Å²) < 4.78 is 5.07. The summed E-state index contributed by atoms with van der Waals surface area (Å²) in [6.07, 6.45) is 1.63. The standard InChI is InChI=1S/C17H14N4O3/c1-24-13-8-6-11(7-9-13)15(17(22)23)19-21-16-14-5-3-2-4-12(14)10-18-20-16/h2-10H,1H3,(H,20,21)(H,22,23)/b19-15-. The number of ether oxygens (including phenoxy) is 1. The summed E-state index contributed by atoms with van der Waals surface area (Å²) in [5.74, 6) is -0.127. The number of nitrogens with zero attached hydrogens (tertiary/aromatic N) is 3. The minimum Gasteiger partial charge on any atom is -0.497 e. The number of benzene rings is 2. The highest BCUT2D eigenvalue weighted by molar-refractivity contribution is 6.42. The van der Waals surface area contributed by atoms with Crippen LogP contribution in [-0.4, -0.2) is 34.1 Å². The summed E-state index contributed by atoms with van der Waals surface area (Å²) in [5, 5.41) is 22.9. The van der Waals surface area contributed by atoms with E-state index in [-0.39, 0.29) is 5.71 Å². The summed E-state index contributed by atoms with van der Waals surface area (Å²) in [5.41, 5.74) is 3.01. The van der Waals surface area contributed by atoms with Crippen molar-refractivity contribution in [3.63, 3.8) is 0 Å². The zero-order valence-corrected chi connectivity index (χ0v) is 12.8. The lowest BCUT2D eigenvalue weighted by Crippen LogP contribution is -2.16. The number of carbonyl (C=O) groups is 1. The number of aromatic nitrogens is 2. The van der Waals surface area contributed by atoms with Gasteiger partial charge in [-0.2, -0.15) is 10.2 Å². The molecule has 0 spiro atoms. The minimum atomic E-state index is -1.15. The van der Waals surface area contributed by atoms with Crippen molar-refractivity contribution in [2.24, 2.45) is 5.10 Å². The average Bonchev–Trinajstić information content (AvgIpc) is 2.62. The largest absolute Gasteiger partial charge is 0.497 e. The number of anilines is 1. The first-order valence-electron chi connectivity index (χ1n) is 7.11. The van der Waals surface area contributed by atoms with Gasteiger partial charge >= 0.3 is 5.97 Å². The molecule has 24 heavy (non-hydrogen) atoms. The number of carboxylic acid groups (broad SMARTS) is 1. The molecule has 0 aliphatic carbocycles. The van der Waals surface area contributed by atoms with Gasteiger partial charge in [0.25, 0.3) is 0 Å². The van der Waals surface area contributed by atoms with E-state index in [1.165, 1.54) is 0 Å². The predicted octanol–water partition coefficient (Wildman–Crippen LogP) is 2.54. The van der Waals surface area contributed by atoms with Gasteiger partial charge in [-0.25, -0.2) is 4.79 Å². The van der Waals surface area contributed by atoms with Crippen molar-refractivity contribution in [2.75, 3.05) is 12.5 Å². The second-order valence-electron chi connectivity index (χ2n) is 4.89. The Morgan fingerprint density at radius 1 is 1.17 bits per heavy atom. The van der Waals surface area contributed by atoms with Gasteiger partial charge in [-0.05, 0) is 24.3 Å². The van der Waals surface area contributed by atoms with Gasteiger partial charge in [0, 0.05) is 16.3 Å². The van der Waals surface area contributed by atoms with Crippen LogP contribution in [0.4, 0.5) is 5.82 Å². The van der Waals surface area contributed by atoms with E-state index in [4.69, 9.17) is 4.74 Å². The van der Waals surface area contributed by atoms with E-state index < -0.39 is 5.97 Å². The van der Waals surface area contributed by atoms with E-state index in [2.05, 4.69) is 20.7 Å². The second kappa shape index (κ2) is 6.74. The highest BCUT2D eigenvalue weighted by atomic mass is 16.5. The normalized spacial score (nSPS) is 11.3. The summed E-state index contributed by atoms with van der Waals surface area (Å²) in [4.78, 5) is 11.5. The third kappa shape index (κ3) is 3.14. The van der Waals surface area contributed by atoms with Crippen LogP contribution in [0.5, 0.6) is 5.75 Å². The van der Waals surface area contributed by atoms with Crippen LogP contribution in [0, 0.1) is 0 Å². The molecule has 0 atom stereocenters. The monoisotopic (exact) mass is 322 g/mol. The van der Waals surface area contributed by atoms with Crippen LogP contribution in [0.2, 0.25) is 0 Å². The van der Waals surface area contributed by atoms with Crippen molar-refractivity contribution in [1.82, 2.24) is 10.2 Å². The van der Waals surface area contributed by atoms with Gasteiger partial charge in [0.2, 0.25) is 0 Å². The molecule has 0 bridgehead atoms. The van der Waals surface area contributed by atoms with Gasteiger partial charge < -0.3 is 9.84 Å². The molecule has 7 heteroatoms. The smallest absolute Gasteiger partial charge is 0.356 e. The first-order chi connectivity index (χ1) is 11.7. The molecule has 3 rings (SSSR count). The number of hydrazone groups is 1. The van der Waals surface area contributed by atoms with Gasteiger partial charge in [0.15, 0.2) is 11.5 Å². The van der Waals surface area contributed by atoms with E-state index in [0.29, 0.717) is 17.1 Å². The van der Waals surface area contributed by atoms with Gasteiger partial charge in [-0.15, -0.1) is 5.10 Å². The highest BCUT2D eigenvalue weighted by Crippen LogP contribution is 2.19. The maximum atomic E-state index is 11.5. The van der Waals surface area contributed by atoms with Crippen LogP contribution in [0.15, 0.2) is 59.8 Å². The van der Waals surface area contributed by atoms with Crippen molar-refractivity contribution in [1.29, 1.82) is 0 Å². The fourth-order valence-electron chi connectivity index (χ4n) is 2.20. The Morgan fingerprint density at radius 2 is 1.92 bits per heavy atom.